The number of rotatable bonds is 7. The summed E-state index contributed by atoms with van der Waals surface area (Å²) in [6.07, 6.45) is -4.83. The molecule has 0 aliphatic carbocycles. The van der Waals surface area contributed by atoms with Gasteiger partial charge in [-0.2, -0.15) is 13.2 Å². The highest BCUT2D eigenvalue weighted by molar-refractivity contribution is 7.92. The summed E-state index contributed by atoms with van der Waals surface area (Å²) in [5, 5.41) is 2.00. The number of alkyl halides is 3. The van der Waals surface area contributed by atoms with E-state index in [2.05, 4.69) is 5.32 Å². The second-order valence-corrected chi connectivity index (χ2v) is 10.2. The molecular weight excluding hydrogens is 521 g/mol. The van der Waals surface area contributed by atoms with Crippen LogP contribution in [0, 0.1) is 6.92 Å². The number of ether oxygens (including phenoxy) is 2. The summed E-state index contributed by atoms with van der Waals surface area (Å²) in [5.41, 5.74) is -0.128. The van der Waals surface area contributed by atoms with Gasteiger partial charge < -0.3 is 14.8 Å². The molecule has 0 spiro atoms. The Balaban J connectivity index is 1.63. The largest absolute Gasteiger partial charge is 0.454 e. The number of hydrogen-bond acceptors (Lipinski definition) is 5. The molecule has 1 heterocycles. The van der Waals surface area contributed by atoms with Crippen molar-refractivity contribution >= 4 is 33.2 Å². The van der Waals surface area contributed by atoms with Crippen LogP contribution in [-0.2, 0) is 27.5 Å². The van der Waals surface area contributed by atoms with Gasteiger partial charge in [0.1, 0.15) is 6.54 Å². The van der Waals surface area contributed by atoms with Crippen LogP contribution in [-0.4, -0.2) is 27.7 Å². The van der Waals surface area contributed by atoms with Crippen LogP contribution in [0.5, 0.6) is 11.5 Å². The topological polar surface area (TPSA) is 84.9 Å². The van der Waals surface area contributed by atoms with E-state index in [1.165, 1.54) is 12.1 Å². The Kier molecular flexibility index (Phi) is 7.05. The molecule has 0 bridgehead atoms. The zero-order chi connectivity index (χ0) is 26.1. The number of nitrogens with zero attached hydrogens (tertiary/aromatic N) is 1. The minimum atomic E-state index is -4.83. The first-order chi connectivity index (χ1) is 16.9. The molecule has 0 fully saturated rings. The first kappa shape index (κ1) is 25.6. The van der Waals surface area contributed by atoms with E-state index in [1.807, 2.05) is 0 Å². The second kappa shape index (κ2) is 9.90. The number of carbonyl (C=O) groups excluding carboxylic acids is 1. The molecule has 190 valence electrons. The molecule has 4 rings (SSSR count). The molecule has 0 saturated heterocycles. The van der Waals surface area contributed by atoms with Gasteiger partial charge in [-0.05, 0) is 55.0 Å². The molecule has 0 atom stereocenters. The molecule has 3 aromatic rings. The lowest BCUT2D eigenvalue weighted by Gasteiger charge is -2.25. The number of carbonyl (C=O) groups is 1. The van der Waals surface area contributed by atoms with Gasteiger partial charge in [0.2, 0.25) is 12.7 Å². The number of fused-ring (bicyclic) bond motifs is 1. The molecule has 1 aliphatic heterocycles. The van der Waals surface area contributed by atoms with E-state index < -0.39 is 39.2 Å². The van der Waals surface area contributed by atoms with E-state index in [9.17, 15) is 26.4 Å². The SMILES string of the molecule is Cc1ccc(S(=O)(=O)N(CC(=O)NCc2ccc3c(c2)OCO3)c2ccc(Cl)c(C(F)(F)F)c2)cc1. The third-order valence-electron chi connectivity index (χ3n) is 5.37. The third kappa shape index (κ3) is 5.52. The van der Waals surface area contributed by atoms with Crippen molar-refractivity contribution in [3.63, 3.8) is 0 Å². The van der Waals surface area contributed by atoms with Crippen LogP contribution in [0.4, 0.5) is 18.9 Å². The van der Waals surface area contributed by atoms with Gasteiger partial charge in [0.15, 0.2) is 11.5 Å². The fraction of sp³-hybridized carbons (Fsp3) is 0.208. The van der Waals surface area contributed by atoms with Gasteiger partial charge in [0, 0.05) is 6.54 Å². The molecule has 36 heavy (non-hydrogen) atoms. The summed E-state index contributed by atoms with van der Waals surface area (Å²) in [6, 6.07) is 13.5. The predicted octanol–water partition coefficient (Wildman–Crippen LogP) is 4.91. The number of hydrogen-bond donors (Lipinski definition) is 1. The van der Waals surface area contributed by atoms with Crippen molar-refractivity contribution in [3.8, 4) is 11.5 Å². The Labute approximate surface area is 210 Å². The highest BCUT2D eigenvalue weighted by Crippen LogP contribution is 2.38. The Hall–Kier alpha value is -3.44. The summed E-state index contributed by atoms with van der Waals surface area (Å²) in [5.74, 6) is 0.335. The van der Waals surface area contributed by atoms with E-state index in [1.54, 1.807) is 37.3 Å². The van der Waals surface area contributed by atoms with Crippen molar-refractivity contribution in [3.05, 3.63) is 82.4 Å². The number of sulfonamides is 1. The number of halogens is 4. The first-order valence-electron chi connectivity index (χ1n) is 10.6. The Morgan fingerprint density at radius 3 is 2.42 bits per heavy atom. The van der Waals surface area contributed by atoms with E-state index in [4.69, 9.17) is 21.1 Å². The number of nitrogens with one attached hydrogen (secondary N) is 1. The van der Waals surface area contributed by atoms with Gasteiger partial charge in [0.25, 0.3) is 10.0 Å². The van der Waals surface area contributed by atoms with Gasteiger partial charge in [-0.3, -0.25) is 9.10 Å². The third-order valence-corrected chi connectivity index (χ3v) is 7.48. The van der Waals surface area contributed by atoms with Crippen molar-refractivity contribution in [1.82, 2.24) is 5.32 Å². The average molecular weight is 541 g/mol. The molecule has 0 aromatic heterocycles. The van der Waals surface area contributed by atoms with Crippen molar-refractivity contribution < 1.29 is 35.9 Å². The monoisotopic (exact) mass is 540 g/mol. The summed E-state index contributed by atoms with van der Waals surface area (Å²) < 4.78 is 78.4. The number of anilines is 1. The van der Waals surface area contributed by atoms with Gasteiger partial charge in [-0.15, -0.1) is 0 Å². The summed E-state index contributed by atoms with van der Waals surface area (Å²) >= 11 is 5.71. The lowest BCUT2D eigenvalue weighted by atomic mass is 10.2. The quantitative estimate of drug-likeness (QED) is 0.460. The van der Waals surface area contributed by atoms with E-state index in [0.29, 0.717) is 27.4 Å². The second-order valence-electron chi connectivity index (χ2n) is 7.95. The van der Waals surface area contributed by atoms with Crippen molar-refractivity contribution in [1.29, 1.82) is 0 Å². The number of benzene rings is 3. The Morgan fingerprint density at radius 1 is 1.03 bits per heavy atom. The lowest BCUT2D eigenvalue weighted by molar-refractivity contribution is -0.137. The maximum absolute atomic E-state index is 13.5. The molecule has 7 nitrogen and oxygen atoms in total. The Morgan fingerprint density at radius 2 is 1.72 bits per heavy atom. The van der Waals surface area contributed by atoms with Gasteiger partial charge in [0.05, 0.1) is 21.2 Å². The van der Waals surface area contributed by atoms with Crippen LogP contribution in [0.3, 0.4) is 0 Å². The fourth-order valence-electron chi connectivity index (χ4n) is 3.48. The van der Waals surface area contributed by atoms with Crippen LogP contribution < -0.4 is 19.1 Å². The molecule has 12 heteroatoms. The molecule has 1 N–H and O–H groups in total. The van der Waals surface area contributed by atoms with E-state index in [0.717, 1.165) is 17.7 Å². The van der Waals surface area contributed by atoms with Gasteiger partial charge in [-0.25, -0.2) is 8.42 Å². The van der Waals surface area contributed by atoms with Crippen molar-refractivity contribution in [2.75, 3.05) is 17.6 Å². The predicted molar refractivity (Wildman–Crippen MR) is 127 cm³/mol. The normalized spacial score (nSPS) is 12.9. The van der Waals surface area contributed by atoms with Crippen LogP contribution >= 0.6 is 11.6 Å². The fourth-order valence-corrected chi connectivity index (χ4v) is 5.11. The zero-order valence-corrected chi connectivity index (χ0v) is 20.4. The number of aryl methyl sites for hydroxylation is 1. The van der Waals surface area contributed by atoms with Crippen molar-refractivity contribution in [2.45, 2.75) is 24.5 Å². The van der Waals surface area contributed by atoms with Crippen LogP contribution in [0.15, 0.2) is 65.6 Å². The van der Waals surface area contributed by atoms with E-state index >= 15 is 0 Å². The lowest BCUT2D eigenvalue weighted by Crippen LogP contribution is -2.40. The molecule has 1 amide bonds. The summed E-state index contributed by atoms with van der Waals surface area (Å²) in [7, 11) is -4.41. The summed E-state index contributed by atoms with van der Waals surface area (Å²) in [6.45, 7) is 1.10. The zero-order valence-electron chi connectivity index (χ0n) is 18.8. The molecule has 1 aliphatic rings. The maximum Gasteiger partial charge on any atom is 0.417 e. The molecule has 0 radical (unpaired) electrons. The summed E-state index contributed by atoms with van der Waals surface area (Å²) in [4.78, 5) is 12.6. The Bertz CT molecular complexity index is 1400. The molecule has 0 unspecified atom stereocenters. The standard InChI is InChI=1S/C24H20ClF3N2O5S/c1-15-2-6-18(7-3-15)36(32,33)30(17-5-8-20(25)19(11-17)24(26,27)28)13-23(31)29-12-16-4-9-21-22(10-16)35-14-34-21/h2-11H,12-14H2,1H3,(H,29,31). The van der Waals surface area contributed by atoms with Gasteiger partial charge in [-0.1, -0.05) is 35.4 Å². The van der Waals surface area contributed by atoms with Crippen molar-refractivity contribution in [2.24, 2.45) is 0 Å². The van der Waals surface area contributed by atoms with Crippen LogP contribution in [0.1, 0.15) is 16.7 Å². The average Bonchev–Trinajstić information content (AvgIpc) is 3.29. The first-order valence-corrected chi connectivity index (χ1v) is 12.4. The minimum Gasteiger partial charge on any atom is -0.454 e. The molecule has 0 saturated carbocycles. The molecule has 3 aromatic carbocycles. The highest BCUT2D eigenvalue weighted by Gasteiger charge is 2.35. The van der Waals surface area contributed by atoms with E-state index in [-0.39, 0.29) is 23.9 Å². The minimum absolute atomic E-state index is 0.0301. The highest BCUT2D eigenvalue weighted by atomic mass is 35.5. The van der Waals surface area contributed by atoms with Gasteiger partial charge >= 0.3 is 6.18 Å². The number of amides is 1. The molecular formula is C24H20ClF3N2O5S. The van der Waals surface area contributed by atoms with Crippen LogP contribution in [0.25, 0.3) is 0 Å². The maximum atomic E-state index is 13.5. The smallest absolute Gasteiger partial charge is 0.417 e. The van der Waals surface area contributed by atoms with Crippen LogP contribution in [0.2, 0.25) is 5.02 Å².